The van der Waals surface area contributed by atoms with Gasteiger partial charge >= 0.3 is 23.9 Å². The highest BCUT2D eigenvalue weighted by Gasteiger charge is 2.36. The zero-order valence-corrected chi connectivity index (χ0v) is 35.7. The molecule has 0 saturated heterocycles. The minimum absolute atomic E-state index is 0.0222. The van der Waals surface area contributed by atoms with E-state index in [1.54, 1.807) is 36.4 Å². The summed E-state index contributed by atoms with van der Waals surface area (Å²) in [5.74, 6) is -4.38. The van der Waals surface area contributed by atoms with Crippen molar-refractivity contribution < 1.29 is 46.9 Å². The highest BCUT2D eigenvalue weighted by molar-refractivity contribution is 5.93. The highest BCUT2D eigenvalue weighted by Crippen LogP contribution is 2.50. The first-order valence-corrected chi connectivity index (χ1v) is 21.2. The Labute approximate surface area is 365 Å². The summed E-state index contributed by atoms with van der Waals surface area (Å²) in [4.78, 5) is 51.3. The fourth-order valence-electron chi connectivity index (χ4n) is 7.78. The quantitative estimate of drug-likeness (QED) is 0.0700. The maximum absolute atomic E-state index is 15.2. The molecule has 0 heterocycles. The van der Waals surface area contributed by atoms with Crippen LogP contribution in [-0.2, 0) is 40.7 Å². The second kappa shape index (κ2) is 19.4. The van der Waals surface area contributed by atoms with Gasteiger partial charge < -0.3 is 18.9 Å². The largest absolute Gasteiger partial charge is 0.426 e. The molecule has 0 N–H and O–H groups in total. The molecule has 0 fully saturated rings. The topological polar surface area (TPSA) is 105 Å². The molecular formula is C53H48F2O8. The minimum Gasteiger partial charge on any atom is -0.426 e. The van der Waals surface area contributed by atoms with E-state index in [9.17, 15) is 19.2 Å². The third kappa shape index (κ3) is 10.6. The van der Waals surface area contributed by atoms with E-state index in [2.05, 4.69) is 13.8 Å². The lowest BCUT2D eigenvalue weighted by Gasteiger charge is -2.22. The zero-order chi connectivity index (χ0) is 44.7. The van der Waals surface area contributed by atoms with Gasteiger partial charge in [0.2, 0.25) is 0 Å². The summed E-state index contributed by atoms with van der Waals surface area (Å²) in [5, 5.41) is 0. The number of halogens is 2. The normalized spacial score (nSPS) is 12.2. The van der Waals surface area contributed by atoms with Crippen molar-refractivity contribution in [3.63, 3.8) is 0 Å². The average Bonchev–Trinajstić information content (AvgIpc) is 3.48. The molecule has 0 saturated carbocycles. The molecule has 8 nitrogen and oxygen atoms in total. The van der Waals surface area contributed by atoms with Gasteiger partial charge in [0.1, 0.15) is 34.6 Å². The number of carbonyl (C=O) groups excluding carboxylic acids is 4. The summed E-state index contributed by atoms with van der Waals surface area (Å²) in [7, 11) is 0. The van der Waals surface area contributed by atoms with Gasteiger partial charge in [-0.3, -0.25) is 9.59 Å². The second-order valence-electron chi connectivity index (χ2n) is 16.2. The van der Waals surface area contributed by atoms with Crippen molar-refractivity contribution in [3.8, 4) is 34.1 Å². The molecule has 0 bridgehead atoms. The lowest BCUT2D eigenvalue weighted by molar-refractivity contribution is -0.135. The predicted octanol–water partition coefficient (Wildman–Crippen LogP) is 11.7. The molecule has 0 aliphatic heterocycles. The van der Waals surface area contributed by atoms with E-state index in [-0.39, 0.29) is 47.0 Å². The number of fused-ring (bicyclic) bond motifs is 3. The maximum atomic E-state index is 15.2. The van der Waals surface area contributed by atoms with Crippen LogP contribution in [0.2, 0.25) is 0 Å². The Hall–Kier alpha value is -6.94. The summed E-state index contributed by atoms with van der Waals surface area (Å²) >= 11 is 0. The van der Waals surface area contributed by atoms with Gasteiger partial charge in [-0.15, -0.1) is 0 Å². The number of ether oxygens (including phenoxy) is 4. The first-order chi connectivity index (χ1) is 30.3. The molecule has 1 aliphatic rings. The number of benzene rings is 6. The Morgan fingerprint density at radius 1 is 0.444 bits per heavy atom. The molecule has 0 spiro atoms. The second-order valence-corrected chi connectivity index (χ2v) is 16.2. The number of hydrogen-bond donors (Lipinski definition) is 0. The van der Waals surface area contributed by atoms with Gasteiger partial charge in [0.05, 0.1) is 11.1 Å². The van der Waals surface area contributed by atoms with Gasteiger partial charge in [0.25, 0.3) is 0 Å². The third-order valence-electron chi connectivity index (χ3n) is 11.2. The number of esters is 4. The number of hydrogen-bond acceptors (Lipinski definition) is 8. The first kappa shape index (κ1) is 44.1. The molecular weight excluding hydrogens is 803 g/mol. The molecule has 10 heteroatoms. The molecule has 322 valence electrons. The van der Waals surface area contributed by atoms with Crippen LogP contribution < -0.4 is 18.9 Å². The predicted molar refractivity (Wildman–Crippen MR) is 236 cm³/mol. The Morgan fingerprint density at radius 2 is 0.778 bits per heavy atom. The van der Waals surface area contributed by atoms with Crippen LogP contribution in [0.15, 0.2) is 121 Å². The van der Waals surface area contributed by atoms with Crippen LogP contribution in [0.25, 0.3) is 11.1 Å². The molecule has 0 amide bonds. The van der Waals surface area contributed by atoms with Gasteiger partial charge in [0.15, 0.2) is 0 Å². The summed E-state index contributed by atoms with van der Waals surface area (Å²) in [6.45, 7) is 8.15. The van der Waals surface area contributed by atoms with Crippen LogP contribution in [0, 0.1) is 11.6 Å². The van der Waals surface area contributed by atoms with Gasteiger partial charge in [0, 0.05) is 30.4 Å². The van der Waals surface area contributed by atoms with Crippen molar-refractivity contribution >= 4 is 23.9 Å². The van der Waals surface area contributed by atoms with Crippen molar-refractivity contribution in [2.75, 3.05) is 0 Å². The molecule has 0 atom stereocenters. The molecule has 1 aliphatic carbocycles. The van der Waals surface area contributed by atoms with Crippen LogP contribution in [0.1, 0.15) is 107 Å². The van der Waals surface area contributed by atoms with E-state index in [1.807, 2.05) is 62.4 Å². The van der Waals surface area contributed by atoms with Crippen LogP contribution in [0.5, 0.6) is 23.0 Å². The first-order valence-electron chi connectivity index (χ1n) is 21.2. The molecule has 0 unspecified atom stereocenters. The number of aryl methyl sites for hydroxylation is 4. The SMILES string of the molecule is CCCc1ccc(CCC(=O)Oc2ccc(C(=O)Oc3ccc4c(c3)C(C)(C)c3cc(OC(=O)c5ccc(OC(=O)CCc6ccc(CCC)cc6)cc5F)ccc3-4)c(F)c2)cc1. The van der Waals surface area contributed by atoms with Crippen molar-refractivity contribution in [2.45, 2.75) is 84.5 Å². The Bertz CT molecular complexity index is 2480. The third-order valence-corrected chi connectivity index (χ3v) is 11.2. The van der Waals surface area contributed by atoms with Crippen LogP contribution in [0.3, 0.4) is 0 Å². The average molecular weight is 851 g/mol. The summed E-state index contributed by atoms with van der Waals surface area (Å²) in [6, 6.07) is 33.4. The molecule has 63 heavy (non-hydrogen) atoms. The van der Waals surface area contributed by atoms with E-state index >= 15 is 8.78 Å². The standard InChI is InChI=1S/C53H48F2O8/c1-5-7-33-9-13-35(14-10-33)17-27-49(56)60-39-21-25-43(47(54)31-39)51(58)62-37-19-23-41-42-24-20-38(30-46(42)53(3,4)45(41)29-37)63-52(59)44-26-22-40(32-48(44)55)61-50(57)28-18-36-15-11-34(8-6-2)12-16-36/h9-16,19-26,29-32H,5-8,17-18,27-28H2,1-4H3. The Morgan fingerprint density at radius 3 is 1.13 bits per heavy atom. The lowest BCUT2D eigenvalue weighted by atomic mass is 9.82. The van der Waals surface area contributed by atoms with Gasteiger partial charge in [-0.05, 0) is 119 Å². The van der Waals surface area contributed by atoms with E-state index in [0.29, 0.717) is 12.8 Å². The Kier molecular flexibility index (Phi) is 13.6. The molecule has 6 aromatic rings. The lowest BCUT2D eigenvalue weighted by Crippen LogP contribution is -2.17. The van der Waals surface area contributed by atoms with Crippen molar-refractivity contribution in [1.82, 2.24) is 0 Å². The molecule has 6 aromatic carbocycles. The fourth-order valence-corrected chi connectivity index (χ4v) is 7.78. The minimum atomic E-state index is -0.929. The van der Waals surface area contributed by atoms with E-state index < -0.39 is 40.9 Å². The van der Waals surface area contributed by atoms with Crippen molar-refractivity contribution in [2.24, 2.45) is 0 Å². The van der Waals surface area contributed by atoms with Crippen LogP contribution in [-0.4, -0.2) is 23.9 Å². The van der Waals surface area contributed by atoms with E-state index in [1.165, 1.54) is 35.4 Å². The van der Waals surface area contributed by atoms with E-state index in [4.69, 9.17) is 18.9 Å². The maximum Gasteiger partial charge on any atom is 0.346 e. The fraction of sp³-hybridized carbons (Fsp3) is 0.245. The monoisotopic (exact) mass is 850 g/mol. The van der Waals surface area contributed by atoms with Gasteiger partial charge in [-0.1, -0.05) is 101 Å². The summed E-state index contributed by atoms with van der Waals surface area (Å²) in [6.07, 6.45) is 5.25. The number of carbonyl (C=O) groups is 4. The Balaban J connectivity index is 0.937. The number of rotatable bonds is 16. The van der Waals surface area contributed by atoms with Gasteiger partial charge in [-0.25, -0.2) is 18.4 Å². The smallest absolute Gasteiger partial charge is 0.346 e. The van der Waals surface area contributed by atoms with Crippen LogP contribution >= 0.6 is 0 Å². The zero-order valence-electron chi connectivity index (χ0n) is 35.7. The van der Waals surface area contributed by atoms with Crippen molar-refractivity contribution in [3.05, 3.63) is 177 Å². The van der Waals surface area contributed by atoms with E-state index in [0.717, 1.165) is 71.2 Å². The highest BCUT2D eigenvalue weighted by atomic mass is 19.1. The van der Waals surface area contributed by atoms with Crippen LogP contribution in [0.4, 0.5) is 8.78 Å². The van der Waals surface area contributed by atoms with Gasteiger partial charge in [-0.2, -0.15) is 0 Å². The molecule has 7 rings (SSSR count). The summed E-state index contributed by atoms with van der Waals surface area (Å²) < 4.78 is 52.3. The summed E-state index contributed by atoms with van der Waals surface area (Å²) in [5.41, 5.74) is 6.49. The molecule has 0 aromatic heterocycles. The van der Waals surface area contributed by atoms with Crippen molar-refractivity contribution in [1.29, 1.82) is 0 Å². The molecule has 0 radical (unpaired) electrons.